The molecule has 2 unspecified atom stereocenters. The lowest BCUT2D eigenvalue weighted by Crippen LogP contribution is -2.55. The summed E-state index contributed by atoms with van der Waals surface area (Å²) in [5.41, 5.74) is 0.129. The topological polar surface area (TPSA) is 108 Å². The summed E-state index contributed by atoms with van der Waals surface area (Å²) in [5.74, 6) is -2.50. The molecular formula is C29H29N3O5. The highest BCUT2D eigenvalue weighted by atomic mass is 16.5. The highest BCUT2D eigenvalue weighted by Crippen LogP contribution is 2.59. The van der Waals surface area contributed by atoms with E-state index in [0.29, 0.717) is 24.2 Å². The van der Waals surface area contributed by atoms with Crippen molar-refractivity contribution in [2.24, 2.45) is 11.8 Å². The maximum atomic E-state index is 13.9. The van der Waals surface area contributed by atoms with Crippen molar-refractivity contribution in [3.05, 3.63) is 72.8 Å². The van der Waals surface area contributed by atoms with E-state index in [-0.39, 0.29) is 24.3 Å². The fraction of sp³-hybridized carbons (Fsp3) is 0.345. The van der Waals surface area contributed by atoms with Crippen LogP contribution in [-0.4, -0.2) is 58.1 Å². The minimum absolute atomic E-state index is 0.289. The summed E-state index contributed by atoms with van der Waals surface area (Å²) in [4.78, 5) is 42.6. The molecule has 1 spiro atoms. The number of rotatable bonds is 6. The number of carbonyl (C=O) groups is 3. The molecular weight excluding hydrogens is 470 g/mol. The van der Waals surface area contributed by atoms with Crippen LogP contribution in [0.2, 0.25) is 0 Å². The number of aliphatic hydroxyl groups is 1. The Labute approximate surface area is 214 Å². The van der Waals surface area contributed by atoms with Gasteiger partial charge < -0.3 is 25.4 Å². The summed E-state index contributed by atoms with van der Waals surface area (Å²) in [6.07, 6.45) is 0.631. The van der Waals surface area contributed by atoms with Gasteiger partial charge in [-0.2, -0.15) is 0 Å². The van der Waals surface area contributed by atoms with Crippen LogP contribution in [0.3, 0.4) is 0 Å². The molecule has 3 heterocycles. The Balaban J connectivity index is 1.33. The lowest BCUT2D eigenvalue weighted by molar-refractivity contribution is -0.142. The third kappa shape index (κ3) is 3.70. The van der Waals surface area contributed by atoms with Gasteiger partial charge in [-0.15, -0.1) is 0 Å². The summed E-state index contributed by atoms with van der Waals surface area (Å²) in [5, 5.41) is 17.9. The van der Waals surface area contributed by atoms with E-state index in [0.717, 1.165) is 10.8 Å². The van der Waals surface area contributed by atoms with E-state index in [9.17, 15) is 19.5 Å². The number of carbonyl (C=O) groups excluding carboxylic acids is 3. The molecule has 3 aromatic carbocycles. The van der Waals surface area contributed by atoms with Crippen molar-refractivity contribution in [1.29, 1.82) is 0 Å². The summed E-state index contributed by atoms with van der Waals surface area (Å²) in [6, 6.07) is 21.0. The molecule has 0 aliphatic carbocycles. The van der Waals surface area contributed by atoms with Crippen molar-refractivity contribution in [3.63, 3.8) is 0 Å². The summed E-state index contributed by atoms with van der Waals surface area (Å²) >= 11 is 0. The summed E-state index contributed by atoms with van der Waals surface area (Å²) < 4.78 is 6.43. The van der Waals surface area contributed by atoms with E-state index < -0.39 is 35.6 Å². The van der Waals surface area contributed by atoms with Gasteiger partial charge >= 0.3 is 0 Å². The van der Waals surface area contributed by atoms with Crippen LogP contribution in [0.15, 0.2) is 72.8 Å². The number of anilines is 2. The van der Waals surface area contributed by atoms with Gasteiger partial charge in [0.05, 0.1) is 30.6 Å². The molecule has 0 radical (unpaired) electrons. The van der Waals surface area contributed by atoms with Gasteiger partial charge in [0, 0.05) is 11.4 Å². The molecule has 37 heavy (non-hydrogen) atoms. The number of ether oxygens (including phenoxy) is 1. The van der Waals surface area contributed by atoms with Crippen LogP contribution in [0.5, 0.6) is 0 Å². The number of para-hydroxylation sites is 1. The van der Waals surface area contributed by atoms with Crippen molar-refractivity contribution in [1.82, 2.24) is 4.90 Å². The zero-order valence-corrected chi connectivity index (χ0v) is 20.5. The highest BCUT2D eigenvalue weighted by molar-refractivity contribution is 6.05. The first-order valence-electron chi connectivity index (χ1n) is 12.7. The molecule has 8 heteroatoms. The number of amides is 3. The van der Waals surface area contributed by atoms with Gasteiger partial charge in [0.1, 0.15) is 11.6 Å². The Bertz CT molecular complexity index is 1380. The minimum atomic E-state index is -1.12. The minimum Gasteiger partial charge on any atom is -0.394 e. The van der Waals surface area contributed by atoms with Gasteiger partial charge in [-0.05, 0) is 54.8 Å². The molecule has 3 fully saturated rings. The highest BCUT2D eigenvalue weighted by Gasteiger charge is 2.74. The molecule has 0 aromatic heterocycles. The first-order chi connectivity index (χ1) is 17.9. The van der Waals surface area contributed by atoms with Gasteiger partial charge in [0.2, 0.25) is 17.7 Å². The molecule has 6 atom stereocenters. The van der Waals surface area contributed by atoms with Crippen LogP contribution in [-0.2, 0) is 19.1 Å². The van der Waals surface area contributed by atoms with Crippen molar-refractivity contribution >= 4 is 39.9 Å². The van der Waals surface area contributed by atoms with Crippen molar-refractivity contribution < 1.29 is 24.2 Å². The second-order valence-electron chi connectivity index (χ2n) is 10.2. The smallest absolute Gasteiger partial charge is 0.250 e. The van der Waals surface area contributed by atoms with E-state index in [1.807, 2.05) is 60.7 Å². The molecule has 3 aliphatic rings. The Hall–Kier alpha value is -3.75. The quantitative estimate of drug-likeness (QED) is 0.483. The zero-order valence-electron chi connectivity index (χ0n) is 20.5. The van der Waals surface area contributed by atoms with Crippen molar-refractivity contribution in [3.8, 4) is 0 Å². The monoisotopic (exact) mass is 499 g/mol. The third-order valence-electron chi connectivity index (χ3n) is 8.09. The van der Waals surface area contributed by atoms with Crippen molar-refractivity contribution in [2.45, 2.75) is 43.6 Å². The zero-order chi connectivity index (χ0) is 25.7. The van der Waals surface area contributed by atoms with Gasteiger partial charge in [-0.1, -0.05) is 48.5 Å². The van der Waals surface area contributed by atoms with Crippen LogP contribution in [0, 0.1) is 11.8 Å². The van der Waals surface area contributed by atoms with E-state index in [1.165, 1.54) is 4.90 Å². The fourth-order valence-electron chi connectivity index (χ4n) is 6.48. The molecule has 6 rings (SSSR count). The average molecular weight is 500 g/mol. The second-order valence-corrected chi connectivity index (χ2v) is 10.2. The van der Waals surface area contributed by atoms with Gasteiger partial charge in [0.15, 0.2) is 0 Å². The van der Waals surface area contributed by atoms with E-state index >= 15 is 0 Å². The number of nitrogens with one attached hydrogen (secondary N) is 2. The second kappa shape index (κ2) is 8.97. The average Bonchev–Trinajstić information content (AvgIpc) is 3.56. The Morgan fingerprint density at radius 3 is 2.46 bits per heavy atom. The first-order valence-corrected chi connectivity index (χ1v) is 12.7. The number of hydrogen-bond donors (Lipinski definition) is 3. The van der Waals surface area contributed by atoms with Crippen LogP contribution in [0.4, 0.5) is 11.4 Å². The maximum absolute atomic E-state index is 13.9. The normalized spacial score (nSPS) is 28.8. The van der Waals surface area contributed by atoms with E-state index in [4.69, 9.17) is 4.74 Å². The summed E-state index contributed by atoms with van der Waals surface area (Å²) in [7, 11) is 0. The Morgan fingerprint density at radius 1 is 1.00 bits per heavy atom. The molecule has 3 aliphatic heterocycles. The lowest BCUT2D eigenvalue weighted by atomic mass is 9.70. The molecule has 0 saturated carbocycles. The lowest BCUT2D eigenvalue weighted by Gasteiger charge is -2.35. The number of nitrogens with zero attached hydrogens (tertiary/aromatic N) is 1. The molecule has 3 saturated heterocycles. The third-order valence-corrected chi connectivity index (χ3v) is 8.09. The maximum Gasteiger partial charge on any atom is 0.250 e. The molecule has 190 valence electrons. The van der Waals surface area contributed by atoms with Crippen LogP contribution in [0.1, 0.15) is 19.8 Å². The number of benzene rings is 3. The Morgan fingerprint density at radius 2 is 1.70 bits per heavy atom. The van der Waals surface area contributed by atoms with E-state index in [2.05, 4.69) is 10.6 Å². The van der Waals surface area contributed by atoms with Gasteiger partial charge in [-0.25, -0.2) is 0 Å². The number of likely N-dealkylation sites (tertiary alicyclic amines) is 1. The summed E-state index contributed by atoms with van der Waals surface area (Å²) in [6.45, 7) is 1.40. The van der Waals surface area contributed by atoms with E-state index in [1.54, 1.807) is 19.1 Å². The molecule has 3 aromatic rings. The Kier molecular flexibility index (Phi) is 5.73. The van der Waals surface area contributed by atoms with Crippen molar-refractivity contribution in [2.75, 3.05) is 17.2 Å². The number of hydrogen-bond acceptors (Lipinski definition) is 5. The SMILES string of the molecule is C[C@H](CO)N1C(=O)[C@@H]2[C@H](C(=O)Nc3ccccc3)[C@@H]3CCC2(O3)C1C(=O)Nc1ccc2ccccc2c1. The van der Waals surface area contributed by atoms with Crippen LogP contribution in [0.25, 0.3) is 10.8 Å². The van der Waals surface area contributed by atoms with Gasteiger partial charge in [-0.3, -0.25) is 14.4 Å². The fourth-order valence-corrected chi connectivity index (χ4v) is 6.48. The first kappa shape index (κ1) is 23.6. The largest absolute Gasteiger partial charge is 0.394 e. The van der Waals surface area contributed by atoms with Crippen LogP contribution >= 0.6 is 0 Å². The number of aliphatic hydroxyl groups excluding tert-OH is 1. The predicted molar refractivity (Wildman–Crippen MR) is 139 cm³/mol. The van der Waals surface area contributed by atoms with Crippen LogP contribution < -0.4 is 10.6 Å². The van der Waals surface area contributed by atoms with Gasteiger partial charge in [0.25, 0.3) is 0 Å². The molecule has 8 nitrogen and oxygen atoms in total. The number of fused-ring (bicyclic) bond motifs is 2. The molecule has 3 amide bonds. The molecule has 2 bridgehead atoms. The molecule has 3 N–H and O–H groups in total. The predicted octanol–water partition coefficient (Wildman–Crippen LogP) is 3.17. The standard InChI is InChI=1S/C29H29N3O5/c1-17(16-33)32-25(27(35)31-21-12-11-18-7-5-6-8-19(18)15-21)29-14-13-22(37-29)23(24(29)28(32)36)26(34)30-20-9-3-2-4-10-20/h2-12,15,17,22-25,33H,13-14,16H2,1H3,(H,30,34)(H,31,35)/t17-,22+,23-,24+,25?,29?/m1/s1.